The number of rotatable bonds is 12. The summed E-state index contributed by atoms with van der Waals surface area (Å²) in [6.45, 7) is 1.95. The first-order chi connectivity index (χ1) is 17.4. The summed E-state index contributed by atoms with van der Waals surface area (Å²) >= 11 is 0. The van der Waals surface area contributed by atoms with E-state index in [1.807, 2.05) is 36.4 Å². The van der Waals surface area contributed by atoms with Crippen molar-refractivity contribution in [2.45, 2.75) is 25.9 Å². The molecule has 3 aromatic rings. The van der Waals surface area contributed by atoms with E-state index in [9.17, 15) is 14.0 Å². The molecule has 190 valence electrons. The predicted octanol–water partition coefficient (Wildman–Crippen LogP) is 4.00. The Kier molecular flexibility index (Phi) is 9.68. The Morgan fingerprint density at radius 2 is 1.58 bits per heavy atom. The van der Waals surface area contributed by atoms with Gasteiger partial charge in [-0.2, -0.15) is 0 Å². The minimum atomic E-state index is -0.771. The SMILES string of the molecule is COc1ccc(CCNC(=O)[C@H](C)N(Cc2ccc(F)cc2)C(=O)COc2ccccc2)cc1OC. The van der Waals surface area contributed by atoms with Crippen LogP contribution in [0.4, 0.5) is 4.39 Å². The Morgan fingerprint density at radius 3 is 2.25 bits per heavy atom. The highest BCUT2D eigenvalue weighted by Crippen LogP contribution is 2.27. The van der Waals surface area contributed by atoms with E-state index in [-0.39, 0.29) is 30.8 Å². The van der Waals surface area contributed by atoms with Crippen LogP contribution in [0.5, 0.6) is 17.2 Å². The number of amides is 2. The summed E-state index contributed by atoms with van der Waals surface area (Å²) in [6.07, 6.45) is 0.571. The third-order valence-electron chi connectivity index (χ3n) is 5.70. The van der Waals surface area contributed by atoms with E-state index >= 15 is 0 Å². The molecule has 0 radical (unpaired) electrons. The topological polar surface area (TPSA) is 77.1 Å². The van der Waals surface area contributed by atoms with Crippen LogP contribution in [0.25, 0.3) is 0 Å². The summed E-state index contributed by atoms with van der Waals surface area (Å²) in [5.41, 5.74) is 1.67. The van der Waals surface area contributed by atoms with Gasteiger partial charge >= 0.3 is 0 Å². The fourth-order valence-corrected chi connectivity index (χ4v) is 3.63. The van der Waals surface area contributed by atoms with Crippen molar-refractivity contribution in [2.75, 3.05) is 27.4 Å². The van der Waals surface area contributed by atoms with Gasteiger partial charge in [0.05, 0.1) is 14.2 Å². The van der Waals surface area contributed by atoms with E-state index in [0.29, 0.717) is 35.8 Å². The zero-order valence-electron chi connectivity index (χ0n) is 20.7. The molecule has 0 aliphatic heterocycles. The Balaban J connectivity index is 1.64. The van der Waals surface area contributed by atoms with Crippen molar-refractivity contribution in [3.8, 4) is 17.2 Å². The van der Waals surface area contributed by atoms with E-state index in [1.165, 1.54) is 17.0 Å². The average molecular weight is 495 g/mol. The number of carbonyl (C=O) groups excluding carboxylic acids is 2. The summed E-state index contributed by atoms with van der Waals surface area (Å²) in [5, 5.41) is 2.90. The van der Waals surface area contributed by atoms with Crippen LogP contribution in [-0.2, 0) is 22.6 Å². The number of para-hydroxylation sites is 1. The van der Waals surface area contributed by atoms with Crippen molar-refractivity contribution in [3.63, 3.8) is 0 Å². The van der Waals surface area contributed by atoms with Crippen molar-refractivity contribution in [2.24, 2.45) is 0 Å². The molecule has 0 bridgehead atoms. The van der Waals surface area contributed by atoms with Crippen LogP contribution in [-0.4, -0.2) is 50.1 Å². The summed E-state index contributed by atoms with van der Waals surface area (Å²) in [5.74, 6) is 0.775. The van der Waals surface area contributed by atoms with Crippen molar-refractivity contribution in [1.29, 1.82) is 0 Å². The molecule has 2 amide bonds. The molecule has 0 unspecified atom stereocenters. The van der Waals surface area contributed by atoms with Crippen LogP contribution in [0, 0.1) is 5.82 Å². The standard InChI is InChI=1S/C28H31FN2O5/c1-20(28(33)30-16-15-21-11-14-25(34-2)26(17-21)35-3)31(18-22-9-12-23(29)13-10-22)27(32)19-36-24-7-5-4-6-8-24/h4-14,17,20H,15-16,18-19H2,1-3H3,(H,30,33)/t20-/m0/s1. The van der Waals surface area contributed by atoms with Crippen molar-refractivity contribution < 1.29 is 28.2 Å². The van der Waals surface area contributed by atoms with Crippen LogP contribution in [0.3, 0.4) is 0 Å². The molecular formula is C28H31FN2O5. The third-order valence-corrected chi connectivity index (χ3v) is 5.70. The second-order valence-electron chi connectivity index (χ2n) is 8.16. The zero-order valence-corrected chi connectivity index (χ0v) is 20.7. The van der Waals surface area contributed by atoms with Crippen LogP contribution < -0.4 is 19.5 Å². The van der Waals surface area contributed by atoms with Crippen LogP contribution in [0.1, 0.15) is 18.1 Å². The van der Waals surface area contributed by atoms with E-state index < -0.39 is 6.04 Å². The Labute approximate surface area is 210 Å². The van der Waals surface area contributed by atoms with Gasteiger partial charge in [-0.3, -0.25) is 9.59 Å². The van der Waals surface area contributed by atoms with Crippen LogP contribution >= 0.6 is 0 Å². The van der Waals surface area contributed by atoms with Gasteiger partial charge in [-0.25, -0.2) is 4.39 Å². The summed E-state index contributed by atoms with van der Waals surface area (Å²) < 4.78 is 29.6. The molecule has 0 saturated heterocycles. The quantitative estimate of drug-likeness (QED) is 0.412. The smallest absolute Gasteiger partial charge is 0.261 e. The van der Waals surface area contributed by atoms with Crippen LogP contribution in [0.2, 0.25) is 0 Å². The maximum atomic E-state index is 13.4. The number of hydrogen-bond acceptors (Lipinski definition) is 5. The summed E-state index contributed by atoms with van der Waals surface area (Å²) in [7, 11) is 3.14. The van der Waals surface area contributed by atoms with E-state index in [0.717, 1.165) is 5.56 Å². The van der Waals surface area contributed by atoms with Gasteiger partial charge in [0, 0.05) is 13.1 Å². The minimum Gasteiger partial charge on any atom is -0.493 e. The number of ether oxygens (including phenoxy) is 3. The highest BCUT2D eigenvalue weighted by atomic mass is 19.1. The second-order valence-corrected chi connectivity index (χ2v) is 8.16. The zero-order chi connectivity index (χ0) is 25.9. The first kappa shape index (κ1) is 26.5. The molecule has 0 spiro atoms. The summed E-state index contributed by atoms with van der Waals surface area (Å²) in [4.78, 5) is 27.5. The van der Waals surface area contributed by atoms with Gasteiger partial charge in [0.25, 0.3) is 5.91 Å². The Hall–Kier alpha value is -4.07. The number of carbonyl (C=O) groups is 2. The lowest BCUT2D eigenvalue weighted by Crippen LogP contribution is -2.49. The molecule has 3 rings (SSSR count). The number of halogens is 1. The van der Waals surface area contributed by atoms with Crippen molar-refractivity contribution in [1.82, 2.24) is 10.2 Å². The van der Waals surface area contributed by atoms with E-state index in [1.54, 1.807) is 45.4 Å². The molecule has 0 aromatic heterocycles. The first-order valence-electron chi connectivity index (χ1n) is 11.6. The molecular weight excluding hydrogens is 463 g/mol. The number of nitrogens with zero attached hydrogens (tertiary/aromatic N) is 1. The van der Waals surface area contributed by atoms with Gasteiger partial charge in [0.1, 0.15) is 17.6 Å². The monoisotopic (exact) mass is 494 g/mol. The minimum absolute atomic E-state index is 0.140. The fourth-order valence-electron chi connectivity index (χ4n) is 3.63. The van der Waals surface area contributed by atoms with Gasteiger partial charge in [0.2, 0.25) is 5.91 Å². The second kappa shape index (κ2) is 13.1. The molecule has 0 aliphatic carbocycles. The molecule has 36 heavy (non-hydrogen) atoms. The summed E-state index contributed by atoms with van der Waals surface area (Å²) in [6, 6.07) is 19.6. The molecule has 0 saturated carbocycles. The van der Waals surface area contributed by atoms with Gasteiger partial charge in [-0.05, 0) is 60.9 Å². The maximum absolute atomic E-state index is 13.4. The number of nitrogens with one attached hydrogen (secondary N) is 1. The lowest BCUT2D eigenvalue weighted by molar-refractivity contribution is -0.142. The lowest BCUT2D eigenvalue weighted by Gasteiger charge is -2.28. The Morgan fingerprint density at radius 1 is 0.917 bits per heavy atom. The molecule has 1 N–H and O–H groups in total. The third kappa shape index (κ3) is 7.46. The number of methoxy groups -OCH3 is 2. The van der Waals surface area contributed by atoms with E-state index in [2.05, 4.69) is 5.32 Å². The van der Waals surface area contributed by atoms with Gasteiger partial charge in [-0.1, -0.05) is 36.4 Å². The molecule has 0 fully saturated rings. The molecule has 1 atom stereocenters. The molecule has 0 aliphatic rings. The molecule has 0 heterocycles. The number of benzene rings is 3. The highest BCUT2D eigenvalue weighted by Gasteiger charge is 2.26. The largest absolute Gasteiger partial charge is 0.493 e. The first-order valence-corrected chi connectivity index (χ1v) is 11.6. The van der Waals surface area contributed by atoms with Crippen molar-refractivity contribution >= 4 is 11.8 Å². The van der Waals surface area contributed by atoms with Gasteiger partial charge in [-0.15, -0.1) is 0 Å². The predicted molar refractivity (Wildman–Crippen MR) is 135 cm³/mol. The molecule has 8 heteroatoms. The van der Waals surface area contributed by atoms with E-state index in [4.69, 9.17) is 14.2 Å². The Bertz CT molecular complexity index is 1140. The van der Waals surface area contributed by atoms with Crippen molar-refractivity contribution in [3.05, 3.63) is 89.7 Å². The normalized spacial score (nSPS) is 11.3. The fraction of sp³-hybridized carbons (Fsp3) is 0.286. The molecule has 3 aromatic carbocycles. The highest BCUT2D eigenvalue weighted by molar-refractivity contribution is 5.88. The van der Waals surface area contributed by atoms with Gasteiger partial charge < -0.3 is 24.4 Å². The van der Waals surface area contributed by atoms with Gasteiger partial charge in [0.15, 0.2) is 18.1 Å². The average Bonchev–Trinajstić information content (AvgIpc) is 2.91. The molecule has 7 nitrogen and oxygen atoms in total. The number of hydrogen-bond donors (Lipinski definition) is 1. The van der Waals surface area contributed by atoms with Crippen LogP contribution in [0.15, 0.2) is 72.8 Å². The lowest BCUT2D eigenvalue weighted by atomic mass is 10.1. The maximum Gasteiger partial charge on any atom is 0.261 e.